The molecule has 1 atom stereocenters. The summed E-state index contributed by atoms with van der Waals surface area (Å²) in [6.45, 7) is 2.18. The van der Waals surface area contributed by atoms with Crippen LogP contribution >= 0.6 is 0 Å². The minimum absolute atomic E-state index is 0.530. The summed E-state index contributed by atoms with van der Waals surface area (Å²) in [5.41, 5.74) is 1.26. The average Bonchev–Trinajstić information content (AvgIpc) is 2.26. The van der Waals surface area contributed by atoms with Crippen LogP contribution < -0.4 is 10.1 Å². The first-order valence-electron chi connectivity index (χ1n) is 4.96. The monoisotopic (exact) mass is 194 g/mol. The summed E-state index contributed by atoms with van der Waals surface area (Å²) in [7, 11) is 3.63. The van der Waals surface area contributed by atoms with Crippen LogP contribution in [0.3, 0.4) is 0 Å². The molecule has 14 heavy (non-hydrogen) atoms. The van der Waals surface area contributed by atoms with Gasteiger partial charge >= 0.3 is 0 Å². The van der Waals surface area contributed by atoms with Crippen molar-refractivity contribution < 1.29 is 4.74 Å². The third-order valence-electron chi connectivity index (χ3n) is 2.39. The molecular formula is C11H18N2O. The summed E-state index contributed by atoms with van der Waals surface area (Å²) < 4.78 is 5.07. The molecule has 0 saturated heterocycles. The standard InChI is InChI=1S/C11H18N2O/c1-4-10(12-2)7-9-5-6-13-11(8-9)14-3/h5-6,8,10,12H,4,7H2,1-3H3. The number of pyridine rings is 1. The van der Waals surface area contributed by atoms with Crippen LogP contribution in [0.5, 0.6) is 5.88 Å². The molecule has 0 fully saturated rings. The van der Waals surface area contributed by atoms with E-state index < -0.39 is 0 Å². The van der Waals surface area contributed by atoms with Gasteiger partial charge in [-0.25, -0.2) is 4.98 Å². The Morgan fingerprint density at radius 3 is 2.93 bits per heavy atom. The lowest BCUT2D eigenvalue weighted by Crippen LogP contribution is -2.26. The minimum atomic E-state index is 0.530. The quantitative estimate of drug-likeness (QED) is 0.773. The zero-order valence-electron chi connectivity index (χ0n) is 9.08. The second-order valence-corrected chi connectivity index (χ2v) is 3.30. The first-order chi connectivity index (χ1) is 6.80. The highest BCUT2D eigenvalue weighted by Gasteiger charge is 2.05. The number of nitrogens with zero attached hydrogens (tertiary/aromatic N) is 1. The van der Waals surface area contributed by atoms with E-state index in [9.17, 15) is 0 Å². The molecule has 0 amide bonds. The Morgan fingerprint density at radius 1 is 1.57 bits per heavy atom. The van der Waals surface area contributed by atoms with Crippen molar-refractivity contribution in [2.45, 2.75) is 25.8 Å². The van der Waals surface area contributed by atoms with Gasteiger partial charge in [-0.05, 0) is 31.5 Å². The summed E-state index contributed by atoms with van der Waals surface area (Å²) >= 11 is 0. The molecule has 0 aliphatic heterocycles. The number of hydrogen-bond acceptors (Lipinski definition) is 3. The van der Waals surface area contributed by atoms with Crippen molar-refractivity contribution in [3.05, 3.63) is 23.9 Å². The zero-order valence-corrected chi connectivity index (χ0v) is 9.08. The number of ether oxygens (including phenoxy) is 1. The first kappa shape index (κ1) is 11.0. The van der Waals surface area contributed by atoms with Crippen molar-refractivity contribution in [1.82, 2.24) is 10.3 Å². The van der Waals surface area contributed by atoms with Gasteiger partial charge < -0.3 is 10.1 Å². The summed E-state index contributed by atoms with van der Waals surface area (Å²) in [5, 5.41) is 3.28. The Hall–Kier alpha value is -1.09. The zero-order chi connectivity index (χ0) is 10.4. The Balaban J connectivity index is 2.65. The second kappa shape index (κ2) is 5.60. The van der Waals surface area contributed by atoms with E-state index in [1.165, 1.54) is 5.56 Å². The van der Waals surface area contributed by atoms with Gasteiger partial charge in [-0.3, -0.25) is 0 Å². The highest BCUT2D eigenvalue weighted by atomic mass is 16.5. The molecule has 3 heteroatoms. The highest BCUT2D eigenvalue weighted by molar-refractivity contribution is 5.21. The van der Waals surface area contributed by atoms with Crippen molar-refractivity contribution >= 4 is 0 Å². The van der Waals surface area contributed by atoms with E-state index >= 15 is 0 Å². The molecule has 1 aromatic heterocycles. The largest absolute Gasteiger partial charge is 0.481 e. The molecule has 3 nitrogen and oxygen atoms in total. The third kappa shape index (κ3) is 3.00. The molecule has 1 aromatic rings. The van der Waals surface area contributed by atoms with E-state index in [1.54, 1.807) is 13.3 Å². The second-order valence-electron chi connectivity index (χ2n) is 3.30. The van der Waals surface area contributed by atoms with Gasteiger partial charge in [-0.1, -0.05) is 6.92 Å². The number of nitrogens with one attached hydrogen (secondary N) is 1. The normalized spacial score (nSPS) is 12.5. The molecule has 1 rings (SSSR count). The third-order valence-corrected chi connectivity index (χ3v) is 2.39. The topological polar surface area (TPSA) is 34.1 Å². The number of rotatable bonds is 5. The molecule has 0 aliphatic carbocycles. The molecule has 78 valence electrons. The van der Waals surface area contributed by atoms with Crippen LogP contribution in [0.4, 0.5) is 0 Å². The van der Waals surface area contributed by atoms with Gasteiger partial charge in [0.05, 0.1) is 7.11 Å². The van der Waals surface area contributed by atoms with E-state index in [0.29, 0.717) is 11.9 Å². The minimum Gasteiger partial charge on any atom is -0.481 e. The molecule has 0 aliphatic rings. The van der Waals surface area contributed by atoms with Crippen LogP contribution in [0.1, 0.15) is 18.9 Å². The summed E-state index contributed by atoms with van der Waals surface area (Å²) in [6.07, 6.45) is 3.93. The van der Waals surface area contributed by atoms with E-state index in [-0.39, 0.29) is 0 Å². The smallest absolute Gasteiger partial charge is 0.213 e. The van der Waals surface area contributed by atoms with Crippen molar-refractivity contribution in [2.75, 3.05) is 14.2 Å². The lowest BCUT2D eigenvalue weighted by atomic mass is 10.1. The predicted octanol–water partition coefficient (Wildman–Crippen LogP) is 1.63. The van der Waals surface area contributed by atoms with Crippen molar-refractivity contribution in [3.63, 3.8) is 0 Å². The van der Waals surface area contributed by atoms with Crippen molar-refractivity contribution in [1.29, 1.82) is 0 Å². The molecule has 1 unspecified atom stereocenters. The van der Waals surface area contributed by atoms with Gasteiger partial charge in [0, 0.05) is 18.3 Å². The molecule has 0 spiro atoms. The molecule has 1 heterocycles. The summed E-state index contributed by atoms with van der Waals surface area (Å²) in [6, 6.07) is 4.55. The van der Waals surface area contributed by atoms with E-state index in [2.05, 4.69) is 17.2 Å². The van der Waals surface area contributed by atoms with Gasteiger partial charge in [0.1, 0.15) is 0 Å². The number of methoxy groups -OCH3 is 1. The highest BCUT2D eigenvalue weighted by Crippen LogP contribution is 2.11. The fourth-order valence-electron chi connectivity index (χ4n) is 1.42. The molecule has 0 bridgehead atoms. The Morgan fingerprint density at radius 2 is 2.36 bits per heavy atom. The van der Waals surface area contributed by atoms with Gasteiger partial charge in [-0.15, -0.1) is 0 Å². The van der Waals surface area contributed by atoms with Gasteiger partial charge in [0.25, 0.3) is 0 Å². The van der Waals surface area contributed by atoms with E-state index in [4.69, 9.17) is 4.74 Å². The SMILES string of the molecule is CCC(Cc1ccnc(OC)c1)NC. The van der Waals surface area contributed by atoms with Crippen LogP contribution in [0.2, 0.25) is 0 Å². The van der Waals surface area contributed by atoms with Gasteiger partial charge in [-0.2, -0.15) is 0 Å². The molecule has 1 N–H and O–H groups in total. The maximum Gasteiger partial charge on any atom is 0.213 e. The fraction of sp³-hybridized carbons (Fsp3) is 0.545. The number of likely N-dealkylation sites (N-methyl/N-ethyl adjacent to an activating group) is 1. The van der Waals surface area contributed by atoms with Crippen LogP contribution in [0.25, 0.3) is 0 Å². The molecule has 0 aromatic carbocycles. The van der Waals surface area contributed by atoms with Gasteiger partial charge in [0.15, 0.2) is 0 Å². The maximum absolute atomic E-state index is 5.07. The first-order valence-corrected chi connectivity index (χ1v) is 4.96. The Bertz CT molecular complexity index is 272. The average molecular weight is 194 g/mol. The molecule has 0 saturated carbocycles. The lowest BCUT2D eigenvalue weighted by molar-refractivity contribution is 0.397. The Kier molecular flexibility index (Phi) is 4.40. The predicted molar refractivity (Wildman–Crippen MR) is 57.6 cm³/mol. The molecular weight excluding hydrogens is 176 g/mol. The lowest BCUT2D eigenvalue weighted by Gasteiger charge is -2.13. The number of aromatic nitrogens is 1. The molecule has 0 radical (unpaired) electrons. The number of hydrogen-bond donors (Lipinski definition) is 1. The van der Waals surface area contributed by atoms with Crippen LogP contribution in [0, 0.1) is 0 Å². The summed E-state index contributed by atoms with van der Waals surface area (Å²) in [5.74, 6) is 0.688. The van der Waals surface area contributed by atoms with E-state index in [0.717, 1.165) is 12.8 Å². The van der Waals surface area contributed by atoms with Crippen LogP contribution in [-0.2, 0) is 6.42 Å². The fourth-order valence-corrected chi connectivity index (χ4v) is 1.42. The van der Waals surface area contributed by atoms with Gasteiger partial charge in [0.2, 0.25) is 5.88 Å². The Labute approximate surface area is 85.5 Å². The maximum atomic E-state index is 5.07. The van der Waals surface area contributed by atoms with Crippen LogP contribution in [-0.4, -0.2) is 25.2 Å². The van der Waals surface area contributed by atoms with E-state index in [1.807, 2.05) is 19.2 Å². The van der Waals surface area contributed by atoms with Crippen molar-refractivity contribution in [3.8, 4) is 5.88 Å². The van der Waals surface area contributed by atoms with Crippen LogP contribution in [0.15, 0.2) is 18.3 Å². The summed E-state index contributed by atoms with van der Waals surface area (Å²) in [4.78, 5) is 4.07. The van der Waals surface area contributed by atoms with Crippen molar-refractivity contribution in [2.24, 2.45) is 0 Å².